The van der Waals surface area contributed by atoms with E-state index in [9.17, 15) is 13.0 Å². The van der Waals surface area contributed by atoms with Crippen LogP contribution in [0.15, 0.2) is 63.7 Å². The van der Waals surface area contributed by atoms with Gasteiger partial charge < -0.3 is 9.29 Å². The van der Waals surface area contributed by atoms with Crippen molar-refractivity contribution in [2.75, 3.05) is 6.61 Å². The molecule has 0 radical (unpaired) electrons. The number of unbranched alkanes of at least 4 members (excludes halogenated alkanes) is 9. The summed E-state index contributed by atoms with van der Waals surface area (Å²) in [6.07, 6.45) is 13.0. The SMILES string of the molecule is CCCCCCCCCCCCOc1ccc(N=Nc2ccc(S(=O)(=O)[O-])cc2)cc1.[Na+]. The van der Waals surface area contributed by atoms with Crippen LogP contribution in [0.2, 0.25) is 0 Å². The Morgan fingerprint density at radius 3 is 1.62 bits per heavy atom. The Morgan fingerprint density at radius 1 is 0.719 bits per heavy atom. The first-order valence-corrected chi connectivity index (χ1v) is 12.6. The minimum Gasteiger partial charge on any atom is -0.744 e. The first-order chi connectivity index (χ1) is 15.0. The normalized spacial score (nSPS) is 11.4. The van der Waals surface area contributed by atoms with Crippen LogP contribution in [0.3, 0.4) is 0 Å². The molecule has 8 heteroatoms. The smallest absolute Gasteiger partial charge is 0.744 e. The third-order valence-electron chi connectivity index (χ3n) is 5.01. The van der Waals surface area contributed by atoms with Crippen LogP contribution in [-0.2, 0) is 10.1 Å². The summed E-state index contributed by atoms with van der Waals surface area (Å²) >= 11 is 0. The third kappa shape index (κ3) is 12.1. The van der Waals surface area contributed by atoms with Gasteiger partial charge in [0.05, 0.1) is 22.9 Å². The van der Waals surface area contributed by atoms with Gasteiger partial charge in [-0.05, 0) is 55.0 Å². The molecule has 0 N–H and O–H groups in total. The van der Waals surface area contributed by atoms with Gasteiger partial charge in [0, 0.05) is 0 Å². The Bertz CT molecular complexity index is 885. The van der Waals surface area contributed by atoms with Crippen LogP contribution in [0.1, 0.15) is 71.1 Å². The molecule has 2 aromatic carbocycles. The number of hydrogen-bond acceptors (Lipinski definition) is 6. The second-order valence-electron chi connectivity index (χ2n) is 7.67. The maximum Gasteiger partial charge on any atom is 1.00 e. The molecule has 0 aliphatic rings. The van der Waals surface area contributed by atoms with Gasteiger partial charge in [0.25, 0.3) is 0 Å². The van der Waals surface area contributed by atoms with E-state index in [-0.39, 0.29) is 34.5 Å². The molecule has 2 rings (SSSR count). The average Bonchev–Trinajstić information content (AvgIpc) is 2.76. The van der Waals surface area contributed by atoms with Crippen LogP contribution in [0.25, 0.3) is 0 Å². The minimum absolute atomic E-state index is 0. The summed E-state index contributed by atoms with van der Waals surface area (Å²) in [6.45, 7) is 2.96. The van der Waals surface area contributed by atoms with E-state index < -0.39 is 10.1 Å². The standard InChI is InChI=1S/C24H34N2O4S.Na/c1-2-3-4-5-6-7-8-9-10-11-20-30-23-16-12-21(13-17-23)25-26-22-14-18-24(19-15-22)31(27,28)29;/h12-19H,2-11,20H2,1H3,(H,27,28,29);/q;+1/p-1. The second-order valence-corrected chi connectivity index (χ2v) is 9.05. The van der Waals surface area contributed by atoms with Gasteiger partial charge >= 0.3 is 29.6 Å². The van der Waals surface area contributed by atoms with E-state index in [0.717, 1.165) is 12.2 Å². The molecule has 6 nitrogen and oxygen atoms in total. The molecular weight excluding hydrogens is 435 g/mol. The summed E-state index contributed by atoms with van der Waals surface area (Å²) in [7, 11) is -4.45. The Labute approximate surface area is 214 Å². The van der Waals surface area contributed by atoms with Crippen molar-refractivity contribution in [3.05, 3.63) is 48.5 Å². The molecule has 0 saturated carbocycles. The molecule has 0 spiro atoms. The molecule has 0 aliphatic carbocycles. The molecule has 0 bridgehead atoms. The van der Waals surface area contributed by atoms with E-state index in [2.05, 4.69) is 17.2 Å². The van der Waals surface area contributed by atoms with Gasteiger partial charge in [0.15, 0.2) is 0 Å². The summed E-state index contributed by atoms with van der Waals surface area (Å²) in [5.74, 6) is 0.805. The maximum absolute atomic E-state index is 10.9. The monoisotopic (exact) mass is 468 g/mol. The number of azo groups is 1. The van der Waals surface area contributed by atoms with Crippen LogP contribution in [-0.4, -0.2) is 19.6 Å². The van der Waals surface area contributed by atoms with Crippen molar-refractivity contribution in [1.82, 2.24) is 0 Å². The van der Waals surface area contributed by atoms with E-state index in [1.54, 1.807) is 0 Å². The van der Waals surface area contributed by atoms with Gasteiger partial charge in [-0.1, -0.05) is 64.7 Å². The molecule has 0 fully saturated rings. The van der Waals surface area contributed by atoms with Crippen LogP contribution in [0.5, 0.6) is 5.75 Å². The van der Waals surface area contributed by atoms with Crippen molar-refractivity contribution in [3.8, 4) is 5.75 Å². The summed E-state index contributed by atoms with van der Waals surface area (Å²) < 4.78 is 38.6. The molecule has 0 aliphatic heterocycles. The molecule has 0 aromatic heterocycles. The zero-order chi connectivity index (χ0) is 22.4. The van der Waals surface area contributed by atoms with Crippen molar-refractivity contribution >= 4 is 21.5 Å². The number of benzene rings is 2. The number of rotatable bonds is 15. The average molecular weight is 469 g/mol. The van der Waals surface area contributed by atoms with E-state index in [1.165, 1.54) is 82.1 Å². The minimum atomic E-state index is -4.45. The van der Waals surface area contributed by atoms with Gasteiger partial charge in [0.2, 0.25) is 0 Å². The fraction of sp³-hybridized carbons (Fsp3) is 0.500. The topological polar surface area (TPSA) is 91.2 Å². The zero-order valence-electron chi connectivity index (χ0n) is 19.3. The van der Waals surface area contributed by atoms with Crippen LogP contribution < -0.4 is 34.3 Å². The van der Waals surface area contributed by atoms with Gasteiger partial charge in [-0.15, -0.1) is 0 Å². The van der Waals surface area contributed by atoms with E-state index in [1.807, 2.05) is 24.3 Å². The Balaban J connectivity index is 0.00000512. The van der Waals surface area contributed by atoms with Gasteiger partial charge in [-0.3, -0.25) is 0 Å². The van der Waals surface area contributed by atoms with E-state index in [0.29, 0.717) is 18.0 Å². The second kappa shape index (κ2) is 16.4. The third-order valence-corrected chi connectivity index (χ3v) is 5.86. The molecule has 0 atom stereocenters. The zero-order valence-corrected chi connectivity index (χ0v) is 22.1. The van der Waals surface area contributed by atoms with Gasteiger partial charge in [0.1, 0.15) is 15.9 Å². The van der Waals surface area contributed by atoms with E-state index in [4.69, 9.17) is 4.74 Å². The number of nitrogens with zero attached hydrogens (tertiary/aromatic N) is 2. The van der Waals surface area contributed by atoms with Crippen molar-refractivity contribution in [1.29, 1.82) is 0 Å². The summed E-state index contributed by atoms with van der Waals surface area (Å²) in [5, 5.41) is 8.16. The maximum atomic E-state index is 10.9. The van der Waals surface area contributed by atoms with E-state index >= 15 is 0 Å². The summed E-state index contributed by atoms with van der Waals surface area (Å²) in [4.78, 5) is -0.282. The molecule has 170 valence electrons. The first-order valence-electron chi connectivity index (χ1n) is 11.2. The molecule has 0 unspecified atom stereocenters. The quantitative estimate of drug-likeness (QED) is 0.169. The fourth-order valence-corrected chi connectivity index (χ4v) is 3.65. The number of ether oxygens (including phenoxy) is 1. The largest absolute Gasteiger partial charge is 1.00 e. The van der Waals surface area contributed by atoms with Crippen LogP contribution in [0, 0.1) is 0 Å². The molecular formula is C24H33N2NaO4S. The molecule has 2 aromatic rings. The molecule has 0 amide bonds. The Hall–Kier alpha value is -1.25. The summed E-state index contributed by atoms with van der Waals surface area (Å²) in [6, 6.07) is 12.7. The van der Waals surface area contributed by atoms with Crippen molar-refractivity contribution in [2.45, 2.75) is 76.0 Å². The Kier molecular flexibility index (Phi) is 14.7. The van der Waals surface area contributed by atoms with Gasteiger partial charge in [-0.25, -0.2) is 8.42 Å². The Morgan fingerprint density at radius 2 is 1.16 bits per heavy atom. The fourth-order valence-electron chi connectivity index (χ4n) is 3.18. The predicted molar refractivity (Wildman–Crippen MR) is 122 cm³/mol. The number of hydrogen-bond donors (Lipinski definition) is 0. The molecule has 32 heavy (non-hydrogen) atoms. The van der Waals surface area contributed by atoms with Crippen molar-refractivity contribution < 1.29 is 47.3 Å². The van der Waals surface area contributed by atoms with Crippen LogP contribution >= 0.6 is 0 Å². The van der Waals surface area contributed by atoms with Crippen molar-refractivity contribution in [3.63, 3.8) is 0 Å². The van der Waals surface area contributed by atoms with Crippen LogP contribution in [0.4, 0.5) is 11.4 Å². The summed E-state index contributed by atoms with van der Waals surface area (Å²) in [5.41, 5.74) is 1.13. The predicted octanol–water partition coefficient (Wildman–Crippen LogP) is 4.31. The van der Waals surface area contributed by atoms with Gasteiger partial charge in [-0.2, -0.15) is 10.2 Å². The van der Waals surface area contributed by atoms with Crippen molar-refractivity contribution in [2.24, 2.45) is 10.2 Å². The molecule has 0 saturated heterocycles. The molecule has 0 heterocycles. The first kappa shape index (κ1) is 28.8.